The Labute approximate surface area is 136 Å². The highest BCUT2D eigenvalue weighted by Crippen LogP contribution is 2.21. The third kappa shape index (κ3) is 4.21. The van der Waals surface area contributed by atoms with Crippen LogP contribution in [0.5, 0.6) is 5.75 Å². The topological polar surface area (TPSA) is 62.1 Å². The number of amides is 1. The molecule has 0 aliphatic heterocycles. The van der Waals surface area contributed by atoms with E-state index in [9.17, 15) is 10.1 Å². The highest BCUT2D eigenvalue weighted by Gasteiger charge is 2.11. The van der Waals surface area contributed by atoms with Gasteiger partial charge in [-0.15, -0.1) is 0 Å². The van der Waals surface area contributed by atoms with Crippen molar-refractivity contribution in [2.75, 3.05) is 12.4 Å². The van der Waals surface area contributed by atoms with Crippen LogP contribution in [0, 0.1) is 25.2 Å². The maximum absolute atomic E-state index is 12.3. The fraction of sp³-hybridized carbons (Fsp3) is 0.158. The first-order valence-electron chi connectivity index (χ1n) is 7.18. The Bertz CT molecular complexity index is 781. The number of methoxy groups -OCH3 is 1. The van der Waals surface area contributed by atoms with Crippen LogP contribution in [0.4, 0.5) is 5.69 Å². The smallest absolute Gasteiger partial charge is 0.266 e. The summed E-state index contributed by atoms with van der Waals surface area (Å²) < 4.78 is 5.23. The number of hydrogen-bond donors (Lipinski definition) is 1. The molecule has 0 spiro atoms. The third-order valence-corrected chi connectivity index (χ3v) is 3.28. The number of nitrogens with one attached hydrogen (secondary N) is 1. The average Bonchev–Trinajstić information content (AvgIpc) is 2.51. The number of hydrogen-bond acceptors (Lipinski definition) is 3. The summed E-state index contributed by atoms with van der Waals surface area (Å²) in [5.41, 5.74) is 3.48. The van der Waals surface area contributed by atoms with Gasteiger partial charge in [-0.25, -0.2) is 0 Å². The molecule has 1 amide bonds. The molecule has 0 saturated heterocycles. The standard InChI is InChI=1S/C19H18N2O2/c1-13-8-14(2)10-17(9-13)21-19(22)16(12-20)11-15-6-4-5-7-18(15)23-3/h4-11H,1-3H3,(H,21,22)/b16-11+. The average molecular weight is 306 g/mol. The lowest BCUT2D eigenvalue weighted by molar-refractivity contribution is -0.112. The first-order valence-corrected chi connectivity index (χ1v) is 7.18. The fourth-order valence-electron chi connectivity index (χ4n) is 2.34. The molecule has 1 N–H and O–H groups in total. The highest BCUT2D eigenvalue weighted by atomic mass is 16.5. The van der Waals surface area contributed by atoms with E-state index in [0.29, 0.717) is 17.0 Å². The Morgan fingerprint density at radius 3 is 2.43 bits per heavy atom. The first kappa shape index (κ1) is 16.3. The molecule has 0 radical (unpaired) electrons. The first-order chi connectivity index (χ1) is 11.0. The van der Waals surface area contributed by atoms with Gasteiger partial charge >= 0.3 is 0 Å². The van der Waals surface area contributed by atoms with Crippen LogP contribution in [0.25, 0.3) is 6.08 Å². The molecule has 0 fully saturated rings. The zero-order valence-electron chi connectivity index (χ0n) is 13.4. The maximum atomic E-state index is 12.3. The number of rotatable bonds is 4. The van der Waals surface area contributed by atoms with Crippen molar-refractivity contribution in [2.45, 2.75) is 13.8 Å². The quantitative estimate of drug-likeness (QED) is 0.689. The van der Waals surface area contributed by atoms with Gasteiger partial charge in [0.1, 0.15) is 17.4 Å². The lowest BCUT2D eigenvalue weighted by atomic mass is 10.1. The second-order valence-corrected chi connectivity index (χ2v) is 5.24. The number of anilines is 1. The minimum Gasteiger partial charge on any atom is -0.496 e. The summed E-state index contributed by atoms with van der Waals surface area (Å²) in [5.74, 6) is 0.169. The zero-order valence-corrected chi connectivity index (χ0v) is 13.4. The fourth-order valence-corrected chi connectivity index (χ4v) is 2.34. The maximum Gasteiger partial charge on any atom is 0.266 e. The second kappa shape index (κ2) is 7.28. The molecule has 4 nitrogen and oxygen atoms in total. The van der Waals surface area contributed by atoms with Crippen LogP contribution in [-0.4, -0.2) is 13.0 Å². The second-order valence-electron chi connectivity index (χ2n) is 5.24. The summed E-state index contributed by atoms with van der Waals surface area (Å²) in [6, 6.07) is 14.9. The van der Waals surface area contributed by atoms with Crippen molar-refractivity contribution in [2.24, 2.45) is 0 Å². The minimum atomic E-state index is -0.441. The zero-order chi connectivity index (χ0) is 16.8. The summed E-state index contributed by atoms with van der Waals surface area (Å²) in [4.78, 5) is 12.3. The SMILES string of the molecule is COc1ccccc1/C=C(\C#N)C(=O)Nc1cc(C)cc(C)c1. The molecule has 0 unspecified atom stereocenters. The van der Waals surface area contributed by atoms with Crippen molar-refractivity contribution in [1.82, 2.24) is 0 Å². The number of nitrogens with zero attached hydrogens (tertiary/aromatic N) is 1. The molecule has 0 heterocycles. The Hall–Kier alpha value is -3.06. The molecule has 4 heteroatoms. The molecular weight excluding hydrogens is 288 g/mol. The molecule has 116 valence electrons. The van der Waals surface area contributed by atoms with E-state index in [-0.39, 0.29) is 5.57 Å². The molecule has 0 bridgehead atoms. The van der Waals surface area contributed by atoms with Crippen molar-refractivity contribution in [1.29, 1.82) is 5.26 Å². The largest absolute Gasteiger partial charge is 0.496 e. The van der Waals surface area contributed by atoms with Gasteiger partial charge in [-0.05, 0) is 49.2 Å². The molecule has 23 heavy (non-hydrogen) atoms. The molecule has 2 rings (SSSR count). The van der Waals surface area contributed by atoms with Crippen LogP contribution in [-0.2, 0) is 4.79 Å². The number of ether oxygens (including phenoxy) is 1. The van der Waals surface area contributed by atoms with Crippen molar-refractivity contribution < 1.29 is 9.53 Å². The summed E-state index contributed by atoms with van der Waals surface area (Å²) in [5, 5.41) is 12.1. The van der Waals surface area contributed by atoms with Gasteiger partial charge in [0.2, 0.25) is 0 Å². The number of carbonyl (C=O) groups excluding carboxylic acids is 1. The van der Waals surface area contributed by atoms with E-state index in [2.05, 4.69) is 5.32 Å². The van der Waals surface area contributed by atoms with Gasteiger partial charge in [-0.2, -0.15) is 5.26 Å². The van der Waals surface area contributed by atoms with E-state index in [0.717, 1.165) is 11.1 Å². The lowest BCUT2D eigenvalue weighted by Crippen LogP contribution is -2.13. The van der Waals surface area contributed by atoms with Gasteiger partial charge in [-0.1, -0.05) is 24.3 Å². The highest BCUT2D eigenvalue weighted by molar-refractivity contribution is 6.09. The summed E-state index contributed by atoms with van der Waals surface area (Å²) >= 11 is 0. The van der Waals surface area contributed by atoms with Crippen molar-refractivity contribution in [3.63, 3.8) is 0 Å². The van der Waals surface area contributed by atoms with E-state index in [1.807, 2.05) is 50.2 Å². The van der Waals surface area contributed by atoms with Crippen molar-refractivity contribution in [3.8, 4) is 11.8 Å². The molecular formula is C19H18N2O2. The molecule has 2 aromatic carbocycles. The summed E-state index contributed by atoms with van der Waals surface area (Å²) in [7, 11) is 1.55. The molecule has 0 aliphatic rings. The van der Waals surface area contributed by atoms with E-state index in [1.165, 1.54) is 6.08 Å². The van der Waals surface area contributed by atoms with Crippen LogP contribution in [0.15, 0.2) is 48.0 Å². The number of benzene rings is 2. The lowest BCUT2D eigenvalue weighted by Gasteiger charge is -2.08. The van der Waals surface area contributed by atoms with Gasteiger partial charge in [0.05, 0.1) is 7.11 Å². The molecule has 0 aromatic heterocycles. The predicted octanol–water partition coefficient (Wildman–Crippen LogP) is 3.86. The third-order valence-electron chi connectivity index (χ3n) is 3.28. The molecule has 2 aromatic rings. The summed E-state index contributed by atoms with van der Waals surface area (Å²) in [6.07, 6.45) is 1.52. The van der Waals surface area contributed by atoms with Crippen LogP contribution in [0.2, 0.25) is 0 Å². The minimum absolute atomic E-state index is 0.0219. The van der Waals surface area contributed by atoms with E-state index >= 15 is 0 Å². The van der Waals surface area contributed by atoms with Gasteiger partial charge in [0, 0.05) is 11.3 Å². The van der Waals surface area contributed by atoms with Crippen molar-refractivity contribution >= 4 is 17.7 Å². The van der Waals surface area contributed by atoms with Crippen LogP contribution in [0.1, 0.15) is 16.7 Å². The van der Waals surface area contributed by atoms with Crippen LogP contribution in [0.3, 0.4) is 0 Å². The molecule has 0 atom stereocenters. The van der Waals surface area contributed by atoms with Gasteiger partial charge < -0.3 is 10.1 Å². The Kier molecular flexibility index (Phi) is 5.16. The van der Waals surface area contributed by atoms with E-state index in [1.54, 1.807) is 19.2 Å². The van der Waals surface area contributed by atoms with Gasteiger partial charge in [0.15, 0.2) is 0 Å². The Balaban J connectivity index is 2.28. The van der Waals surface area contributed by atoms with E-state index in [4.69, 9.17) is 4.74 Å². The Morgan fingerprint density at radius 1 is 1.17 bits per heavy atom. The number of aryl methyl sites for hydroxylation is 2. The predicted molar refractivity (Wildman–Crippen MR) is 91.1 cm³/mol. The summed E-state index contributed by atoms with van der Waals surface area (Å²) in [6.45, 7) is 3.91. The number of nitriles is 1. The van der Waals surface area contributed by atoms with Gasteiger partial charge in [0.25, 0.3) is 5.91 Å². The monoisotopic (exact) mass is 306 g/mol. The van der Waals surface area contributed by atoms with Crippen LogP contribution >= 0.6 is 0 Å². The van der Waals surface area contributed by atoms with Crippen molar-refractivity contribution in [3.05, 3.63) is 64.7 Å². The van der Waals surface area contributed by atoms with Crippen LogP contribution < -0.4 is 10.1 Å². The van der Waals surface area contributed by atoms with E-state index < -0.39 is 5.91 Å². The Morgan fingerprint density at radius 2 is 1.83 bits per heavy atom. The number of carbonyl (C=O) groups is 1. The molecule has 0 saturated carbocycles. The van der Waals surface area contributed by atoms with Gasteiger partial charge in [-0.3, -0.25) is 4.79 Å². The number of para-hydroxylation sites is 1. The normalized spacial score (nSPS) is 10.8. The molecule has 0 aliphatic carbocycles.